The van der Waals surface area contributed by atoms with E-state index < -0.39 is 24.5 Å². The molecule has 7 nitrogen and oxygen atoms in total. The summed E-state index contributed by atoms with van der Waals surface area (Å²) in [6.07, 6.45) is -0.0920. The van der Waals surface area contributed by atoms with Crippen molar-refractivity contribution in [2.24, 2.45) is 0 Å². The zero-order valence-corrected chi connectivity index (χ0v) is 16.3. The van der Waals surface area contributed by atoms with Gasteiger partial charge in [-0.15, -0.1) is 0 Å². The summed E-state index contributed by atoms with van der Waals surface area (Å²) in [5.41, 5.74) is 1.22. The Kier molecular flexibility index (Phi) is 7.83. The minimum atomic E-state index is -0.606. The summed E-state index contributed by atoms with van der Waals surface area (Å²) in [5.74, 6) is -0.900. The molecule has 0 saturated heterocycles. The number of methoxy groups -OCH3 is 1. The summed E-state index contributed by atoms with van der Waals surface area (Å²) in [7, 11) is 1.49. The number of nitrogens with one attached hydrogen (secondary N) is 2. The fraction of sp³-hybridized carbons (Fsp3) is 0.250. The van der Waals surface area contributed by atoms with Gasteiger partial charge in [0.2, 0.25) is 5.91 Å². The quantitative estimate of drug-likeness (QED) is 0.659. The topological polar surface area (TPSA) is 93.7 Å². The largest absolute Gasteiger partial charge is 0.495 e. The van der Waals surface area contributed by atoms with Crippen molar-refractivity contribution in [1.29, 1.82) is 0 Å². The van der Waals surface area contributed by atoms with E-state index in [-0.39, 0.29) is 12.3 Å². The fourth-order valence-corrected chi connectivity index (χ4v) is 2.75. The maximum Gasteiger partial charge on any atom is 0.308 e. The fourth-order valence-electron chi connectivity index (χ4n) is 2.50. The number of benzene rings is 2. The molecule has 2 aromatic rings. The summed E-state index contributed by atoms with van der Waals surface area (Å²) < 4.78 is 10.1. The van der Waals surface area contributed by atoms with Crippen molar-refractivity contribution in [2.45, 2.75) is 19.4 Å². The first-order chi connectivity index (χ1) is 13.4. The van der Waals surface area contributed by atoms with Crippen molar-refractivity contribution < 1.29 is 23.9 Å². The van der Waals surface area contributed by atoms with Gasteiger partial charge in [0.05, 0.1) is 24.6 Å². The molecule has 0 aromatic heterocycles. The van der Waals surface area contributed by atoms with E-state index in [1.54, 1.807) is 24.3 Å². The molecule has 2 rings (SSSR count). The SMILES string of the molecule is COc1ccc(NC(=O)COC(=O)C[C@@H](NC(C)=O)c2ccccc2)cc1Cl. The normalized spacial score (nSPS) is 11.2. The number of halogens is 1. The lowest BCUT2D eigenvalue weighted by Gasteiger charge is -2.17. The summed E-state index contributed by atoms with van der Waals surface area (Å²) in [4.78, 5) is 35.5. The van der Waals surface area contributed by atoms with E-state index in [0.717, 1.165) is 5.56 Å². The van der Waals surface area contributed by atoms with Crippen LogP contribution in [-0.4, -0.2) is 31.5 Å². The number of esters is 1. The van der Waals surface area contributed by atoms with Crippen LogP contribution in [-0.2, 0) is 19.1 Å². The Morgan fingerprint density at radius 2 is 1.82 bits per heavy atom. The lowest BCUT2D eigenvalue weighted by molar-refractivity contribution is -0.148. The standard InChI is InChI=1S/C20H21ClN2O5/c1-13(24)22-17(14-6-4-3-5-7-14)11-20(26)28-12-19(25)23-15-8-9-18(27-2)16(21)10-15/h3-10,17H,11-12H2,1-2H3,(H,22,24)(H,23,25)/t17-/m1/s1. The number of hydrogen-bond acceptors (Lipinski definition) is 5. The molecule has 1 atom stereocenters. The van der Waals surface area contributed by atoms with E-state index in [1.807, 2.05) is 18.2 Å². The smallest absolute Gasteiger partial charge is 0.308 e. The van der Waals surface area contributed by atoms with E-state index in [9.17, 15) is 14.4 Å². The minimum Gasteiger partial charge on any atom is -0.495 e. The number of amides is 2. The van der Waals surface area contributed by atoms with Gasteiger partial charge in [0.1, 0.15) is 5.75 Å². The van der Waals surface area contributed by atoms with Crippen LogP contribution in [0.2, 0.25) is 5.02 Å². The van der Waals surface area contributed by atoms with Crippen molar-refractivity contribution in [3.63, 3.8) is 0 Å². The first-order valence-corrected chi connectivity index (χ1v) is 8.88. The third-order valence-electron chi connectivity index (χ3n) is 3.75. The molecule has 0 spiro atoms. The van der Waals surface area contributed by atoms with E-state index >= 15 is 0 Å². The maximum atomic E-state index is 12.1. The average molecular weight is 405 g/mol. The number of rotatable bonds is 8. The van der Waals surface area contributed by atoms with Crippen LogP contribution in [0.5, 0.6) is 5.75 Å². The van der Waals surface area contributed by atoms with E-state index in [0.29, 0.717) is 16.5 Å². The maximum absolute atomic E-state index is 12.1. The highest BCUT2D eigenvalue weighted by atomic mass is 35.5. The molecule has 28 heavy (non-hydrogen) atoms. The second-order valence-electron chi connectivity index (χ2n) is 5.93. The third-order valence-corrected chi connectivity index (χ3v) is 4.05. The van der Waals surface area contributed by atoms with Crippen LogP contribution in [0.15, 0.2) is 48.5 Å². The molecular weight excluding hydrogens is 384 g/mol. The molecule has 0 aliphatic rings. The van der Waals surface area contributed by atoms with Gasteiger partial charge in [-0.25, -0.2) is 0 Å². The molecule has 2 N–H and O–H groups in total. The van der Waals surface area contributed by atoms with Gasteiger partial charge in [-0.05, 0) is 23.8 Å². The molecule has 0 heterocycles. The number of carbonyl (C=O) groups is 3. The first-order valence-electron chi connectivity index (χ1n) is 8.50. The Morgan fingerprint density at radius 3 is 2.43 bits per heavy atom. The zero-order valence-electron chi connectivity index (χ0n) is 15.5. The molecule has 0 aliphatic carbocycles. The van der Waals surface area contributed by atoms with Gasteiger partial charge in [-0.3, -0.25) is 14.4 Å². The lowest BCUT2D eigenvalue weighted by atomic mass is 10.0. The van der Waals surface area contributed by atoms with Gasteiger partial charge in [0.15, 0.2) is 6.61 Å². The molecule has 0 fully saturated rings. The Hall–Kier alpha value is -3.06. The molecule has 8 heteroatoms. The highest BCUT2D eigenvalue weighted by Crippen LogP contribution is 2.27. The summed E-state index contributed by atoms with van der Waals surface area (Å²) in [5, 5.41) is 5.63. The van der Waals surface area contributed by atoms with Crippen LogP contribution in [0, 0.1) is 0 Å². The Morgan fingerprint density at radius 1 is 1.11 bits per heavy atom. The van der Waals surface area contributed by atoms with Gasteiger partial charge in [0.25, 0.3) is 5.91 Å². The predicted octanol–water partition coefficient (Wildman–Crippen LogP) is 3.10. The zero-order chi connectivity index (χ0) is 20.5. The van der Waals surface area contributed by atoms with Crippen LogP contribution < -0.4 is 15.4 Å². The van der Waals surface area contributed by atoms with Crippen molar-refractivity contribution in [1.82, 2.24) is 5.32 Å². The number of carbonyl (C=O) groups excluding carboxylic acids is 3. The van der Waals surface area contributed by atoms with Crippen LogP contribution in [0.4, 0.5) is 5.69 Å². The summed E-state index contributed by atoms with van der Waals surface area (Å²) in [6, 6.07) is 13.3. The van der Waals surface area contributed by atoms with Gasteiger partial charge < -0.3 is 20.1 Å². The van der Waals surface area contributed by atoms with E-state index in [4.69, 9.17) is 21.1 Å². The predicted molar refractivity (Wildman–Crippen MR) is 105 cm³/mol. The molecule has 0 saturated carbocycles. The van der Waals surface area contributed by atoms with Gasteiger partial charge in [0, 0.05) is 12.6 Å². The van der Waals surface area contributed by atoms with Gasteiger partial charge in [-0.1, -0.05) is 41.9 Å². The Bertz CT molecular complexity index is 842. The molecule has 2 amide bonds. The van der Waals surface area contributed by atoms with Crippen molar-refractivity contribution in [3.8, 4) is 5.75 Å². The second kappa shape index (κ2) is 10.3. The van der Waals surface area contributed by atoms with Crippen LogP contribution in [0.25, 0.3) is 0 Å². The summed E-state index contributed by atoms with van der Waals surface area (Å²) in [6.45, 7) is 0.915. The molecule has 0 unspecified atom stereocenters. The highest BCUT2D eigenvalue weighted by Gasteiger charge is 2.18. The first kappa shape index (κ1) is 21.2. The number of anilines is 1. The number of hydrogen-bond donors (Lipinski definition) is 2. The summed E-state index contributed by atoms with van der Waals surface area (Å²) >= 11 is 6.00. The highest BCUT2D eigenvalue weighted by molar-refractivity contribution is 6.32. The average Bonchev–Trinajstić information content (AvgIpc) is 2.66. The van der Waals surface area contributed by atoms with E-state index in [2.05, 4.69) is 10.6 Å². The minimum absolute atomic E-state index is 0.0920. The Labute approximate surface area is 168 Å². The van der Waals surface area contributed by atoms with Crippen molar-refractivity contribution in [3.05, 3.63) is 59.1 Å². The molecule has 0 radical (unpaired) electrons. The monoisotopic (exact) mass is 404 g/mol. The van der Waals surface area contributed by atoms with E-state index in [1.165, 1.54) is 20.1 Å². The number of ether oxygens (including phenoxy) is 2. The molecular formula is C20H21ClN2O5. The second-order valence-corrected chi connectivity index (χ2v) is 6.33. The van der Waals surface area contributed by atoms with Crippen molar-refractivity contribution in [2.75, 3.05) is 19.0 Å². The van der Waals surface area contributed by atoms with Crippen LogP contribution >= 0.6 is 11.6 Å². The lowest BCUT2D eigenvalue weighted by Crippen LogP contribution is -2.29. The molecule has 148 valence electrons. The molecule has 2 aromatic carbocycles. The molecule has 0 bridgehead atoms. The van der Waals surface area contributed by atoms with Crippen LogP contribution in [0.1, 0.15) is 24.9 Å². The van der Waals surface area contributed by atoms with Gasteiger partial charge >= 0.3 is 5.97 Å². The Balaban J connectivity index is 1.88. The van der Waals surface area contributed by atoms with Crippen LogP contribution in [0.3, 0.4) is 0 Å². The third kappa shape index (κ3) is 6.59. The van der Waals surface area contributed by atoms with Crippen molar-refractivity contribution >= 4 is 35.1 Å². The molecule has 0 aliphatic heterocycles. The van der Waals surface area contributed by atoms with Gasteiger partial charge in [-0.2, -0.15) is 0 Å².